The Balaban J connectivity index is 2.18. The summed E-state index contributed by atoms with van der Waals surface area (Å²) in [5.74, 6) is -0.656. The Labute approximate surface area is 178 Å². The SMILES string of the molecule is CCOC(=O)Cn1nc(-c2ccc(Cl)cc2Cl)n(-c2ccc(C(F)(F)F)cc2)c1=O. The molecular formula is C19H14Cl2F3N3O3. The van der Waals surface area contributed by atoms with Gasteiger partial charge in [-0.3, -0.25) is 4.79 Å². The van der Waals surface area contributed by atoms with Crippen LogP contribution in [0.2, 0.25) is 10.0 Å². The van der Waals surface area contributed by atoms with Crippen LogP contribution >= 0.6 is 23.2 Å². The molecule has 11 heteroatoms. The molecule has 0 radical (unpaired) electrons. The molecule has 0 amide bonds. The summed E-state index contributed by atoms with van der Waals surface area (Å²) in [5, 5.41) is 4.67. The number of ether oxygens (including phenoxy) is 1. The van der Waals surface area contributed by atoms with Crippen LogP contribution in [0.4, 0.5) is 13.2 Å². The second kappa shape index (κ2) is 8.53. The highest BCUT2D eigenvalue weighted by molar-refractivity contribution is 6.36. The monoisotopic (exact) mass is 459 g/mol. The van der Waals surface area contributed by atoms with Gasteiger partial charge in [0, 0.05) is 10.6 Å². The maximum Gasteiger partial charge on any atom is 0.416 e. The molecule has 3 aromatic rings. The number of nitrogens with zero attached hydrogens (tertiary/aromatic N) is 3. The van der Waals surface area contributed by atoms with Gasteiger partial charge in [-0.05, 0) is 49.4 Å². The average molecular weight is 460 g/mol. The molecule has 158 valence electrons. The minimum Gasteiger partial charge on any atom is -0.465 e. The lowest BCUT2D eigenvalue weighted by Crippen LogP contribution is -2.28. The summed E-state index contributed by atoms with van der Waals surface area (Å²) in [6.45, 7) is 1.25. The Morgan fingerprint density at radius 1 is 1.13 bits per heavy atom. The average Bonchev–Trinajstić information content (AvgIpc) is 2.97. The molecule has 0 aliphatic rings. The lowest BCUT2D eigenvalue weighted by atomic mass is 10.1. The van der Waals surface area contributed by atoms with Crippen LogP contribution in [0.5, 0.6) is 0 Å². The zero-order valence-electron chi connectivity index (χ0n) is 15.4. The minimum atomic E-state index is -4.53. The fourth-order valence-electron chi connectivity index (χ4n) is 2.72. The zero-order chi connectivity index (χ0) is 22.1. The van der Waals surface area contributed by atoms with Crippen LogP contribution in [0.1, 0.15) is 12.5 Å². The number of hydrogen-bond acceptors (Lipinski definition) is 4. The Morgan fingerprint density at radius 3 is 2.37 bits per heavy atom. The number of esters is 1. The first kappa shape index (κ1) is 21.9. The van der Waals surface area contributed by atoms with Gasteiger partial charge < -0.3 is 4.74 Å². The summed E-state index contributed by atoms with van der Waals surface area (Å²) in [6, 6.07) is 8.43. The first-order chi connectivity index (χ1) is 14.1. The Morgan fingerprint density at radius 2 is 1.80 bits per heavy atom. The molecular weight excluding hydrogens is 446 g/mol. The van der Waals surface area contributed by atoms with Crippen molar-refractivity contribution < 1.29 is 22.7 Å². The van der Waals surface area contributed by atoms with Crippen LogP contribution in [-0.4, -0.2) is 26.9 Å². The van der Waals surface area contributed by atoms with E-state index >= 15 is 0 Å². The molecule has 0 fully saturated rings. The normalized spacial score (nSPS) is 11.5. The van der Waals surface area contributed by atoms with Crippen molar-refractivity contribution in [3.63, 3.8) is 0 Å². The number of carbonyl (C=O) groups is 1. The van der Waals surface area contributed by atoms with E-state index in [1.165, 1.54) is 18.2 Å². The molecule has 0 N–H and O–H groups in total. The lowest BCUT2D eigenvalue weighted by molar-refractivity contribution is -0.144. The molecule has 0 atom stereocenters. The number of hydrogen-bond donors (Lipinski definition) is 0. The summed E-state index contributed by atoms with van der Waals surface area (Å²) in [4.78, 5) is 24.8. The molecule has 0 saturated heterocycles. The van der Waals surface area contributed by atoms with Gasteiger partial charge in [-0.2, -0.15) is 13.2 Å². The second-order valence-corrected chi connectivity index (χ2v) is 6.92. The number of halogens is 5. The topological polar surface area (TPSA) is 66.1 Å². The third kappa shape index (κ3) is 4.52. The molecule has 1 aromatic heterocycles. The van der Waals surface area contributed by atoms with Gasteiger partial charge in [-0.25, -0.2) is 14.0 Å². The smallest absolute Gasteiger partial charge is 0.416 e. The third-order valence-electron chi connectivity index (χ3n) is 4.05. The summed E-state index contributed by atoms with van der Waals surface area (Å²) in [7, 11) is 0. The van der Waals surface area contributed by atoms with Crippen molar-refractivity contribution in [3.8, 4) is 17.1 Å². The molecule has 1 heterocycles. The predicted octanol–water partition coefficient (Wildman–Crippen LogP) is 4.59. The van der Waals surface area contributed by atoms with E-state index in [-0.39, 0.29) is 23.1 Å². The van der Waals surface area contributed by atoms with E-state index in [9.17, 15) is 22.8 Å². The Hall–Kier alpha value is -2.78. The standard InChI is InChI=1S/C19H14Cl2F3N3O3/c1-2-30-16(28)10-26-18(29)27(13-6-3-11(4-7-13)19(22,23)24)17(25-26)14-8-5-12(20)9-15(14)21/h3-9H,2,10H2,1H3. The maximum atomic E-state index is 12.9. The van der Waals surface area contributed by atoms with Gasteiger partial charge in [0.15, 0.2) is 5.82 Å². The van der Waals surface area contributed by atoms with Crippen molar-refractivity contribution in [2.45, 2.75) is 19.6 Å². The highest BCUT2D eigenvalue weighted by atomic mass is 35.5. The number of alkyl halides is 3. The molecule has 3 rings (SSSR count). The van der Waals surface area contributed by atoms with Crippen LogP contribution in [0.15, 0.2) is 47.3 Å². The molecule has 0 unspecified atom stereocenters. The molecule has 2 aromatic carbocycles. The first-order valence-electron chi connectivity index (χ1n) is 8.60. The summed E-state index contributed by atoms with van der Waals surface area (Å²) >= 11 is 12.2. The molecule has 0 bridgehead atoms. The van der Waals surface area contributed by atoms with Crippen molar-refractivity contribution in [1.29, 1.82) is 0 Å². The minimum absolute atomic E-state index is 0.0331. The predicted molar refractivity (Wildman–Crippen MR) is 105 cm³/mol. The van der Waals surface area contributed by atoms with Gasteiger partial charge in [0.1, 0.15) is 6.54 Å². The molecule has 0 aliphatic heterocycles. The summed E-state index contributed by atoms with van der Waals surface area (Å²) < 4.78 is 45.4. The van der Waals surface area contributed by atoms with Crippen molar-refractivity contribution >= 4 is 29.2 Å². The third-order valence-corrected chi connectivity index (χ3v) is 4.60. The van der Waals surface area contributed by atoms with E-state index in [1.54, 1.807) is 6.92 Å². The van der Waals surface area contributed by atoms with Crippen LogP contribution in [0, 0.1) is 0 Å². The van der Waals surface area contributed by atoms with E-state index in [4.69, 9.17) is 27.9 Å². The van der Waals surface area contributed by atoms with Crippen molar-refractivity contribution in [2.24, 2.45) is 0 Å². The lowest BCUT2D eigenvalue weighted by Gasteiger charge is -2.10. The van der Waals surface area contributed by atoms with E-state index < -0.39 is 29.9 Å². The van der Waals surface area contributed by atoms with Gasteiger partial charge in [0.05, 0.1) is 22.9 Å². The van der Waals surface area contributed by atoms with Gasteiger partial charge in [-0.1, -0.05) is 23.2 Å². The highest BCUT2D eigenvalue weighted by Gasteiger charge is 2.30. The van der Waals surface area contributed by atoms with E-state index in [2.05, 4.69) is 5.10 Å². The van der Waals surface area contributed by atoms with Crippen LogP contribution in [0.25, 0.3) is 17.1 Å². The molecule has 0 spiro atoms. The Kier molecular flexibility index (Phi) is 6.23. The fraction of sp³-hybridized carbons (Fsp3) is 0.211. The van der Waals surface area contributed by atoms with E-state index in [0.29, 0.717) is 10.6 Å². The first-order valence-corrected chi connectivity index (χ1v) is 9.36. The molecule has 6 nitrogen and oxygen atoms in total. The van der Waals surface area contributed by atoms with E-state index in [1.807, 2.05) is 0 Å². The van der Waals surface area contributed by atoms with Gasteiger partial charge >= 0.3 is 17.8 Å². The summed E-state index contributed by atoms with van der Waals surface area (Å²) in [6.07, 6.45) is -4.53. The van der Waals surface area contributed by atoms with Gasteiger partial charge in [-0.15, -0.1) is 5.10 Å². The van der Waals surface area contributed by atoms with Crippen LogP contribution in [0.3, 0.4) is 0 Å². The number of rotatable bonds is 5. The van der Waals surface area contributed by atoms with E-state index in [0.717, 1.165) is 33.5 Å². The van der Waals surface area contributed by atoms with Crippen LogP contribution < -0.4 is 5.69 Å². The van der Waals surface area contributed by atoms with Crippen molar-refractivity contribution in [1.82, 2.24) is 14.3 Å². The number of benzene rings is 2. The zero-order valence-corrected chi connectivity index (χ0v) is 16.9. The number of aromatic nitrogens is 3. The fourth-order valence-corrected chi connectivity index (χ4v) is 3.21. The van der Waals surface area contributed by atoms with Gasteiger partial charge in [0.25, 0.3) is 0 Å². The molecule has 0 saturated carbocycles. The highest BCUT2D eigenvalue weighted by Crippen LogP contribution is 2.32. The van der Waals surface area contributed by atoms with Crippen LogP contribution in [-0.2, 0) is 22.3 Å². The summed E-state index contributed by atoms with van der Waals surface area (Å²) in [5.41, 5.74) is -1.20. The second-order valence-electron chi connectivity index (χ2n) is 6.07. The van der Waals surface area contributed by atoms with Crippen molar-refractivity contribution in [2.75, 3.05) is 6.61 Å². The largest absolute Gasteiger partial charge is 0.465 e. The quantitative estimate of drug-likeness (QED) is 0.523. The van der Waals surface area contributed by atoms with Gasteiger partial charge in [0.2, 0.25) is 0 Å². The molecule has 0 aliphatic carbocycles. The van der Waals surface area contributed by atoms with Crippen molar-refractivity contribution in [3.05, 3.63) is 68.6 Å². The molecule has 30 heavy (non-hydrogen) atoms. The Bertz CT molecular complexity index is 1140. The number of carbonyl (C=O) groups excluding carboxylic acids is 1. The maximum absolute atomic E-state index is 12.9.